The van der Waals surface area contributed by atoms with Crippen LogP contribution >= 0.6 is 0 Å². The zero-order valence-electron chi connectivity index (χ0n) is 29.8. The summed E-state index contributed by atoms with van der Waals surface area (Å²) in [5.74, 6) is 1.04. The summed E-state index contributed by atoms with van der Waals surface area (Å²) < 4.78 is 20.4. The maximum atomic E-state index is 12.6. The van der Waals surface area contributed by atoms with Gasteiger partial charge in [-0.3, -0.25) is 5.32 Å². The highest BCUT2D eigenvalue weighted by molar-refractivity contribution is 5.98. The number of amides is 1. The Bertz CT molecular complexity index is 2280. The van der Waals surface area contributed by atoms with Crippen LogP contribution in [0.4, 0.5) is 16.2 Å². The maximum Gasteiger partial charge on any atom is 0.412 e. The van der Waals surface area contributed by atoms with E-state index in [4.69, 9.17) is 24.3 Å². The summed E-state index contributed by atoms with van der Waals surface area (Å²) in [7, 11) is 0. The molecule has 11 heteroatoms. The smallest absolute Gasteiger partial charge is 0.412 e. The van der Waals surface area contributed by atoms with Gasteiger partial charge >= 0.3 is 6.09 Å². The number of fused-ring (bicyclic) bond motifs is 4. The van der Waals surface area contributed by atoms with Crippen molar-refractivity contribution in [3.05, 3.63) is 144 Å². The number of ether oxygens (including phenoxy) is 3. The SMILES string of the molecule is CC(C)(C)OC(=O)Nc1cccc2ccc(-c3nnc4c5c(cnn34)N(CCOC(c3ccccc3)(c3ccccc3)c3ccccc3)CCO5)nc12. The van der Waals surface area contributed by atoms with Crippen LogP contribution in [0.3, 0.4) is 0 Å². The first-order valence-electron chi connectivity index (χ1n) is 17.6. The van der Waals surface area contributed by atoms with Gasteiger partial charge in [-0.05, 0) is 49.6 Å². The third-order valence-corrected chi connectivity index (χ3v) is 9.13. The van der Waals surface area contributed by atoms with Gasteiger partial charge in [0.05, 0.1) is 30.6 Å². The molecular weight excluding hydrogens is 667 g/mol. The van der Waals surface area contributed by atoms with E-state index < -0.39 is 17.3 Å². The minimum Gasteiger partial charge on any atom is -0.486 e. The Morgan fingerprint density at radius 3 is 2.11 bits per heavy atom. The van der Waals surface area contributed by atoms with E-state index in [1.807, 2.05) is 63.2 Å². The molecule has 0 fully saturated rings. The van der Waals surface area contributed by atoms with E-state index in [0.717, 1.165) is 27.8 Å². The normalized spacial score (nSPS) is 13.1. The molecule has 1 aliphatic heterocycles. The average molecular weight is 706 g/mol. The number of carbonyl (C=O) groups is 1. The fourth-order valence-electron chi connectivity index (χ4n) is 6.81. The van der Waals surface area contributed by atoms with Gasteiger partial charge in [0.25, 0.3) is 0 Å². The molecule has 11 nitrogen and oxygen atoms in total. The van der Waals surface area contributed by atoms with Crippen molar-refractivity contribution >= 4 is 34.0 Å². The van der Waals surface area contributed by atoms with E-state index in [1.54, 1.807) is 16.8 Å². The highest BCUT2D eigenvalue weighted by Gasteiger charge is 2.38. The van der Waals surface area contributed by atoms with Crippen LogP contribution in [0.1, 0.15) is 37.5 Å². The van der Waals surface area contributed by atoms with Crippen LogP contribution < -0.4 is 15.0 Å². The standard InChI is InChI=1S/C42H39N7O4/c1-41(2,3)53-40(50)45-33-21-13-14-29-22-23-34(44-36(29)33)38-46-47-39-37-35(28-43-49(38)39)48(24-26-51-37)25-27-52-42(30-15-7-4-8-16-30,31-17-9-5-10-18-31)32-19-11-6-12-20-32/h4-23,28H,24-27H2,1-3H3,(H,45,50). The van der Waals surface area contributed by atoms with Gasteiger partial charge in [-0.1, -0.05) is 109 Å². The van der Waals surface area contributed by atoms with Crippen LogP contribution in [0.2, 0.25) is 0 Å². The Balaban J connectivity index is 1.08. The van der Waals surface area contributed by atoms with Crippen LogP contribution in [-0.2, 0) is 15.1 Å². The fourth-order valence-corrected chi connectivity index (χ4v) is 6.81. The molecule has 0 unspecified atom stereocenters. The summed E-state index contributed by atoms with van der Waals surface area (Å²) in [5, 5.41) is 17.5. The van der Waals surface area contributed by atoms with Crippen molar-refractivity contribution in [2.24, 2.45) is 0 Å². The lowest BCUT2D eigenvalue weighted by molar-refractivity contribution is 0.0168. The van der Waals surface area contributed by atoms with Gasteiger partial charge < -0.3 is 19.1 Å². The monoisotopic (exact) mass is 705 g/mol. The third kappa shape index (κ3) is 6.62. The van der Waals surface area contributed by atoms with Gasteiger partial charge in [0.2, 0.25) is 11.5 Å². The van der Waals surface area contributed by atoms with Crippen molar-refractivity contribution in [3.63, 3.8) is 0 Å². The van der Waals surface area contributed by atoms with Crippen LogP contribution in [0.25, 0.3) is 28.1 Å². The molecule has 4 heterocycles. The van der Waals surface area contributed by atoms with Gasteiger partial charge in [0, 0.05) is 11.9 Å². The maximum absolute atomic E-state index is 12.6. The number of hydrogen-bond acceptors (Lipinski definition) is 9. The zero-order chi connectivity index (χ0) is 36.4. The number of hydrogen-bond donors (Lipinski definition) is 1. The Hall–Kier alpha value is -6.33. The van der Waals surface area contributed by atoms with Gasteiger partial charge in [-0.25, -0.2) is 9.78 Å². The van der Waals surface area contributed by atoms with E-state index in [9.17, 15) is 4.79 Å². The van der Waals surface area contributed by atoms with Gasteiger partial charge in [0.15, 0.2) is 5.75 Å². The molecular formula is C42H39N7O4. The summed E-state index contributed by atoms with van der Waals surface area (Å²) in [5.41, 5.74) is 4.64. The second-order valence-electron chi connectivity index (χ2n) is 13.8. The van der Waals surface area contributed by atoms with Crippen LogP contribution in [0.15, 0.2) is 128 Å². The summed E-state index contributed by atoms with van der Waals surface area (Å²) in [6.45, 7) is 7.58. The van der Waals surface area contributed by atoms with Crippen molar-refractivity contribution in [1.82, 2.24) is 24.8 Å². The van der Waals surface area contributed by atoms with Crippen LogP contribution in [0.5, 0.6) is 5.75 Å². The predicted octanol–water partition coefficient (Wildman–Crippen LogP) is 7.89. The molecule has 1 N–H and O–H groups in total. The molecule has 0 bridgehead atoms. The number of para-hydroxylation sites is 1. The lowest BCUT2D eigenvalue weighted by Gasteiger charge is -2.37. The number of pyridine rings is 1. The molecule has 0 saturated carbocycles. The van der Waals surface area contributed by atoms with E-state index in [2.05, 4.69) is 93.2 Å². The molecule has 1 amide bonds. The Labute approximate surface area is 307 Å². The van der Waals surface area contributed by atoms with Crippen molar-refractivity contribution in [1.29, 1.82) is 0 Å². The van der Waals surface area contributed by atoms with Crippen molar-refractivity contribution in [2.75, 3.05) is 36.5 Å². The lowest BCUT2D eigenvalue weighted by atomic mass is 9.80. The molecule has 0 radical (unpaired) electrons. The Morgan fingerprint density at radius 2 is 1.47 bits per heavy atom. The molecule has 53 heavy (non-hydrogen) atoms. The molecule has 7 aromatic rings. The van der Waals surface area contributed by atoms with Gasteiger partial charge in [-0.15, -0.1) is 10.2 Å². The highest BCUT2D eigenvalue weighted by atomic mass is 16.6. The number of aromatic nitrogens is 5. The first-order chi connectivity index (χ1) is 25.8. The number of benzene rings is 4. The Morgan fingerprint density at radius 1 is 0.811 bits per heavy atom. The largest absolute Gasteiger partial charge is 0.486 e. The molecule has 0 spiro atoms. The van der Waals surface area contributed by atoms with Gasteiger partial charge in [0.1, 0.15) is 29.2 Å². The summed E-state index contributed by atoms with van der Waals surface area (Å²) in [6, 6.07) is 40.5. The quantitative estimate of drug-likeness (QED) is 0.150. The average Bonchev–Trinajstić information content (AvgIpc) is 3.62. The lowest BCUT2D eigenvalue weighted by Crippen LogP contribution is -2.39. The topological polar surface area (TPSA) is 116 Å². The molecule has 8 rings (SSSR count). The van der Waals surface area contributed by atoms with Gasteiger partial charge in [-0.2, -0.15) is 9.61 Å². The highest BCUT2D eigenvalue weighted by Crippen LogP contribution is 2.41. The zero-order valence-corrected chi connectivity index (χ0v) is 29.8. The Kier molecular flexibility index (Phi) is 8.93. The van der Waals surface area contributed by atoms with E-state index in [-0.39, 0.29) is 0 Å². The van der Waals surface area contributed by atoms with Crippen LogP contribution in [-0.4, -0.2) is 62.8 Å². The minimum atomic E-state index is -0.821. The molecule has 0 atom stereocenters. The van der Waals surface area contributed by atoms with Crippen molar-refractivity contribution in [2.45, 2.75) is 32.0 Å². The number of rotatable bonds is 9. The fraction of sp³-hybridized carbons (Fsp3) is 0.214. The molecule has 0 aliphatic carbocycles. The summed E-state index contributed by atoms with van der Waals surface area (Å²) >= 11 is 0. The molecule has 4 aromatic carbocycles. The van der Waals surface area contributed by atoms with Crippen molar-refractivity contribution < 1.29 is 19.0 Å². The third-order valence-electron chi connectivity index (χ3n) is 9.13. The number of anilines is 2. The van der Waals surface area contributed by atoms with E-state index in [0.29, 0.717) is 60.4 Å². The molecule has 0 saturated heterocycles. The molecule has 3 aromatic heterocycles. The summed E-state index contributed by atoms with van der Waals surface area (Å²) in [6.07, 6.45) is 1.22. The number of nitrogens with zero attached hydrogens (tertiary/aromatic N) is 6. The molecule has 266 valence electrons. The number of carbonyl (C=O) groups excluding carboxylic acids is 1. The van der Waals surface area contributed by atoms with Crippen molar-refractivity contribution in [3.8, 4) is 17.3 Å². The van der Waals surface area contributed by atoms with Crippen LogP contribution in [0, 0.1) is 0 Å². The minimum absolute atomic E-state index is 0.419. The summed E-state index contributed by atoms with van der Waals surface area (Å²) in [4.78, 5) is 19.7. The molecule has 1 aliphatic rings. The second-order valence-corrected chi connectivity index (χ2v) is 13.8. The first kappa shape index (κ1) is 33.8. The number of nitrogens with one attached hydrogen (secondary N) is 1. The first-order valence-corrected chi connectivity index (χ1v) is 17.6. The second kappa shape index (κ2) is 14.0. The van der Waals surface area contributed by atoms with E-state index >= 15 is 0 Å². The van der Waals surface area contributed by atoms with E-state index in [1.165, 1.54) is 0 Å². The predicted molar refractivity (Wildman–Crippen MR) is 204 cm³/mol.